The number of nitrogens with zero attached hydrogens (tertiary/aromatic N) is 5. The number of piperidine rings is 1. The molecule has 0 spiro atoms. The molecule has 1 saturated heterocycles. The molecule has 3 aromatic heterocycles. The summed E-state index contributed by atoms with van der Waals surface area (Å²) in [6.07, 6.45) is 7.38. The number of carbonyl (C=O) groups is 7. The third-order valence-electron chi connectivity index (χ3n) is 10.7. The number of imide groups is 2. The van der Waals surface area contributed by atoms with E-state index in [2.05, 4.69) is 41.7 Å². The number of rotatable bonds is 21. The zero-order chi connectivity index (χ0) is 45.5. The Bertz CT molecular complexity index is 2640. The maximum Gasteiger partial charge on any atom is 0.277 e. The first kappa shape index (κ1) is 43.9. The quantitative estimate of drug-likeness (QED) is 0.0456. The molecule has 0 radical (unpaired) electrons. The van der Waals surface area contributed by atoms with Crippen LogP contribution < -0.4 is 32.3 Å². The number of oxazole rings is 1. The number of benzene rings is 2. The Labute approximate surface area is 370 Å². The average Bonchev–Trinajstić information content (AvgIpc) is 3.71. The number of ether oxygens (including phenoxy) is 2. The van der Waals surface area contributed by atoms with E-state index in [1.165, 1.54) is 36.0 Å². The van der Waals surface area contributed by atoms with Gasteiger partial charge >= 0.3 is 0 Å². The van der Waals surface area contributed by atoms with Gasteiger partial charge in [-0.2, -0.15) is 5.10 Å². The van der Waals surface area contributed by atoms with E-state index in [0.717, 1.165) is 11.4 Å². The lowest BCUT2D eigenvalue weighted by atomic mass is 10.0. The highest BCUT2D eigenvalue weighted by atomic mass is 16.5. The topological polar surface area (TPSA) is 284 Å². The Morgan fingerprint density at radius 1 is 0.877 bits per heavy atom. The second kappa shape index (κ2) is 19.7. The molecular weight excluding hydrogens is 843 g/mol. The normalized spacial score (nSPS) is 15.7. The average molecular weight is 888 g/mol. The molecule has 1 aliphatic carbocycles. The van der Waals surface area contributed by atoms with Crippen LogP contribution in [0.3, 0.4) is 0 Å². The first-order valence-corrected chi connectivity index (χ1v) is 21.0. The van der Waals surface area contributed by atoms with Crippen molar-refractivity contribution < 1.29 is 47.5 Å². The maximum atomic E-state index is 13.2. The van der Waals surface area contributed by atoms with Crippen LogP contribution in [0, 0.1) is 5.92 Å². The van der Waals surface area contributed by atoms with Gasteiger partial charge in [0.25, 0.3) is 29.5 Å². The van der Waals surface area contributed by atoms with Crippen LogP contribution in [0.25, 0.3) is 17.1 Å². The maximum absolute atomic E-state index is 13.2. The standard InChI is InChI=1S/C44H45N11O10/c45-38(57)37-31(50-40(59)32-24-65-42(51-32)27-13-14-47-34(21-27)49-22-25-5-6-25)23-54(53-37)28-9-7-26(8-10-28)39(58)48-16-20-64-18-2-17-63-19-15-46-30-4-1-3-29-36(30)44(62)55(43(29)61)33-11-12-35(56)52-41(33)60/h1,3-4,7-10,13-14,21,23-25,33,46H,2,5-6,11-12,15-20,22H2,(H2,45,57)(H,47,49)(H,48,58)(H,50,59)(H,52,56,60). The number of hydrogen-bond acceptors (Lipinski definition) is 15. The predicted octanol–water partition coefficient (Wildman–Crippen LogP) is 2.76. The van der Waals surface area contributed by atoms with Gasteiger partial charge in [0.2, 0.25) is 17.7 Å². The minimum atomic E-state index is -1.04. The van der Waals surface area contributed by atoms with Crippen molar-refractivity contribution >= 4 is 58.5 Å². The zero-order valence-electron chi connectivity index (χ0n) is 35.0. The summed E-state index contributed by atoms with van der Waals surface area (Å²) in [7, 11) is 0. The minimum absolute atomic E-state index is 0.0264. The molecule has 21 nitrogen and oxygen atoms in total. The SMILES string of the molecule is NC(=O)c1nn(-c2ccc(C(=O)NCCOCCCOCCNc3cccc4c3C(=O)N(C3CCC(=O)NC3=O)C4=O)cc2)cc1NC(=O)c1coc(-c2ccnc(NCC3CC3)c2)n1. The van der Waals surface area contributed by atoms with E-state index >= 15 is 0 Å². The van der Waals surface area contributed by atoms with Crippen molar-refractivity contribution in [2.45, 2.75) is 38.1 Å². The lowest BCUT2D eigenvalue weighted by molar-refractivity contribution is -0.136. The molecule has 7 amide bonds. The number of hydrogen-bond donors (Lipinski definition) is 6. The molecule has 2 fully saturated rings. The molecule has 5 aromatic rings. The number of pyridine rings is 1. The number of amides is 7. The summed E-state index contributed by atoms with van der Waals surface area (Å²) in [6.45, 7) is 2.80. The Morgan fingerprint density at radius 3 is 2.42 bits per heavy atom. The summed E-state index contributed by atoms with van der Waals surface area (Å²) in [5.74, 6) is -2.54. The van der Waals surface area contributed by atoms with Gasteiger partial charge in [0.15, 0.2) is 11.4 Å². The van der Waals surface area contributed by atoms with Crippen molar-refractivity contribution in [1.29, 1.82) is 0 Å². The fraction of sp³-hybridized carbons (Fsp3) is 0.318. The van der Waals surface area contributed by atoms with Crippen molar-refractivity contribution in [2.75, 3.05) is 62.0 Å². The first-order valence-electron chi connectivity index (χ1n) is 21.0. The van der Waals surface area contributed by atoms with Gasteiger partial charge in [0, 0.05) is 62.3 Å². The molecule has 1 unspecified atom stereocenters. The molecular formula is C44H45N11O10. The highest BCUT2D eigenvalue weighted by Crippen LogP contribution is 2.33. The van der Waals surface area contributed by atoms with E-state index in [-0.39, 0.29) is 66.0 Å². The number of aromatic nitrogens is 4. The summed E-state index contributed by atoms with van der Waals surface area (Å²) in [4.78, 5) is 98.0. The fourth-order valence-corrected chi connectivity index (χ4v) is 7.20. The second-order valence-corrected chi connectivity index (χ2v) is 15.4. The van der Waals surface area contributed by atoms with Crippen LogP contribution in [0.15, 0.2) is 77.7 Å². The Kier molecular flexibility index (Phi) is 13.3. The third kappa shape index (κ3) is 10.4. The van der Waals surface area contributed by atoms with Crippen LogP contribution in [0.4, 0.5) is 17.2 Å². The Hall–Kier alpha value is -7.78. The Balaban J connectivity index is 0.728. The molecule has 336 valence electrons. The smallest absolute Gasteiger partial charge is 0.277 e. The van der Waals surface area contributed by atoms with E-state index in [9.17, 15) is 33.6 Å². The molecule has 65 heavy (non-hydrogen) atoms. The number of nitrogens with one attached hydrogen (secondary N) is 5. The molecule has 0 bridgehead atoms. The second-order valence-electron chi connectivity index (χ2n) is 15.4. The Morgan fingerprint density at radius 2 is 1.66 bits per heavy atom. The first-order chi connectivity index (χ1) is 31.5. The van der Waals surface area contributed by atoms with Crippen molar-refractivity contribution in [3.8, 4) is 17.1 Å². The number of primary amides is 1. The predicted molar refractivity (Wildman–Crippen MR) is 231 cm³/mol. The monoisotopic (exact) mass is 887 g/mol. The van der Waals surface area contributed by atoms with Crippen molar-refractivity contribution in [3.05, 3.63) is 101 Å². The molecule has 1 saturated carbocycles. The number of anilines is 3. The van der Waals surface area contributed by atoms with E-state index < -0.39 is 41.5 Å². The molecule has 2 aromatic carbocycles. The molecule has 1 atom stereocenters. The van der Waals surface area contributed by atoms with Gasteiger partial charge in [-0.05, 0) is 80.1 Å². The van der Waals surface area contributed by atoms with Crippen LogP contribution in [-0.2, 0) is 19.1 Å². The fourth-order valence-electron chi connectivity index (χ4n) is 7.20. The molecule has 8 rings (SSSR count). The van der Waals surface area contributed by atoms with Crippen LogP contribution in [0.2, 0.25) is 0 Å². The zero-order valence-corrected chi connectivity index (χ0v) is 35.0. The lowest BCUT2D eigenvalue weighted by Gasteiger charge is -2.27. The number of nitrogens with two attached hydrogens (primary N) is 1. The van der Waals surface area contributed by atoms with Crippen molar-refractivity contribution in [1.82, 2.24) is 35.3 Å². The summed E-state index contributed by atoms with van der Waals surface area (Å²) >= 11 is 0. The lowest BCUT2D eigenvalue weighted by Crippen LogP contribution is -2.54. The molecule has 21 heteroatoms. The summed E-state index contributed by atoms with van der Waals surface area (Å²) in [5.41, 5.74) is 7.75. The summed E-state index contributed by atoms with van der Waals surface area (Å²) in [5, 5.41) is 18.3. The molecule has 3 aliphatic rings. The van der Waals surface area contributed by atoms with Gasteiger partial charge in [-0.25, -0.2) is 14.6 Å². The highest BCUT2D eigenvalue weighted by Gasteiger charge is 2.45. The van der Waals surface area contributed by atoms with Gasteiger partial charge in [0.05, 0.1) is 41.9 Å². The van der Waals surface area contributed by atoms with Crippen LogP contribution in [0.5, 0.6) is 0 Å². The van der Waals surface area contributed by atoms with Crippen LogP contribution >= 0.6 is 0 Å². The summed E-state index contributed by atoms with van der Waals surface area (Å²) < 4.78 is 18.2. The van der Waals surface area contributed by atoms with E-state index in [1.807, 2.05) is 0 Å². The molecule has 5 heterocycles. The van der Waals surface area contributed by atoms with Gasteiger partial charge < -0.3 is 40.9 Å². The van der Waals surface area contributed by atoms with Gasteiger partial charge in [-0.15, -0.1) is 0 Å². The van der Waals surface area contributed by atoms with Crippen LogP contribution in [0.1, 0.15) is 84.2 Å². The van der Waals surface area contributed by atoms with Gasteiger partial charge in [0.1, 0.15) is 18.1 Å². The minimum Gasteiger partial charge on any atom is -0.444 e. The van der Waals surface area contributed by atoms with E-state index in [0.29, 0.717) is 67.0 Å². The van der Waals surface area contributed by atoms with Gasteiger partial charge in [-0.1, -0.05) is 6.07 Å². The summed E-state index contributed by atoms with van der Waals surface area (Å²) in [6, 6.07) is 13.7. The van der Waals surface area contributed by atoms with Crippen molar-refractivity contribution in [3.63, 3.8) is 0 Å². The highest BCUT2D eigenvalue weighted by molar-refractivity contribution is 6.25. The number of carbonyl (C=O) groups excluding carboxylic acids is 7. The van der Waals surface area contributed by atoms with E-state index in [4.69, 9.17) is 19.6 Å². The molecule has 2 aliphatic heterocycles. The molecule has 7 N–H and O–H groups in total. The third-order valence-corrected chi connectivity index (χ3v) is 10.7. The largest absolute Gasteiger partial charge is 0.444 e. The van der Waals surface area contributed by atoms with Crippen molar-refractivity contribution in [2.24, 2.45) is 11.7 Å². The van der Waals surface area contributed by atoms with E-state index in [1.54, 1.807) is 54.7 Å². The van der Waals surface area contributed by atoms with Gasteiger partial charge in [-0.3, -0.25) is 43.8 Å². The number of fused-ring (bicyclic) bond motifs is 1. The van der Waals surface area contributed by atoms with Crippen LogP contribution in [-0.4, -0.2) is 118 Å².